The monoisotopic (exact) mass is 241 g/mol. The number of likely N-dealkylation sites (N-methyl/N-ethyl adjacent to an activating group) is 1. The number of rotatable bonds is 6. The second-order valence-electron chi connectivity index (χ2n) is 3.88. The average Bonchev–Trinajstić information content (AvgIpc) is 2.29. The molecule has 0 aliphatic rings. The van der Waals surface area contributed by atoms with Crippen LogP contribution in [0.5, 0.6) is 0 Å². The lowest BCUT2D eigenvalue weighted by molar-refractivity contribution is 0.154. The molecule has 3 heteroatoms. The van der Waals surface area contributed by atoms with Crippen LogP contribution in [0.15, 0.2) is 18.2 Å². The van der Waals surface area contributed by atoms with Crippen LogP contribution in [0.1, 0.15) is 18.1 Å². The van der Waals surface area contributed by atoms with Crippen LogP contribution < -0.4 is 4.90 Å². The SMILES string of the molecule is CCOCCN(C)c1ccc(C)cc1CCl. The molecule has 0 spiro atoms. The van der Waals surface area contributed by atoms with E-state index in [-0.39, 0.29) is 0 Å². The van der Waals surface area contributed by atoms with Crippen LogP contribution >= 0.6 is 11.6 Å². The van der Waals surface area contributed by atoms with E-state index in [0.29, 0.717) is 5.88 Å². The minimum Gasteiger partial charge on any atom is -0.380 e. The smallest absolute Gasteiger partial charge is 0.0641 e. The predicted octanol–water partition coefficient (Wildman–Crippen LogP) is 3.21. The molecule has 1 rings (SSSR count). The fraction of sp³-hybridized carbons (Fsp3) is 0.538. The van der Waals surface area contributed by atoms with Gasteiger partial charge in [0.1, 0.15) is 0 Å². The first-order chi connectivity index (χ1) is 7.69. The number of nitrogens with zero attached hydrogens (tertiary/aromatic N) is 1. The van der Waals surface area contributed by atoms with E-state index in [1.54, 1.807) is 0 Å². The number of hydrogen-bond donors (Lipinski definition) is 0. The van der Waals surface area contributed by atoms with E-state index in [2.05, 4.69) is 37.1 Å². The highest BCUT2D eigenvalue weighted by molar-refractivity contribution is 6.17. The molecule has 0 aliphatic heterocycles. The molecule has 0 atom stereocenters. The Morgan fingerprint density at radius 1 is 1.38 bits per heavy atom. The van der Waals surface area contributed by atoms with Crippen molar-refractivity contribution in [3.63, 3.8) is 0 Å². The summed E-state index contributed by atoms with van der Waals surface area (Å²) in [4.78, 5) is 2.19. The van der Waals surface area contributed by atoms with Gasteiger partial charge in [-0.3, -0.25) is 0 Å². The van der Waals surface area contributed by atoms with Gasteiger partial charge in [0.25, 0.3) is 0 Å². The van der Waals surface area contributed by atoms with Crippen LogP contribution in [0, 0.1) is 6.92 Å². The Morgan fingerprint density at radius 3 is 2.75 bits per heavy atom. The molecule has 0 unspecified atom stereocenters. The van der Waals surface area contributed by atoms with E-state index in [1.165, 1.54) is 16.8 Å². The van der Waals surface area contributed by atoms with E-state index < -0.39 is 0 Å². The highest BCUT2D eigenvalue weighted by atomic mass is 35.5. The Balaban J connectivity index is 2.70. The summed E-state index contributed by atoms with van der Waals surface area (Å²) in [7, 11) is 2.07. The molecule has 0 aliphatic carbocycles. The number of benzene rings is 1. The molecule has 1 aromatic rings. The molecule has 2 nitrogen and oxygen atoms in total. The molecule has 0 amide bonds. The van der Waals surface area contributed by atoms with Gasteiger partial charge in [-0.25, -0.2) is 0 Å². The fourth-order valence-electron chi connectivity index (χ4n) is 1.66. The third kappa shape index (κ3) is 3.69. The summed E-state index contributed by atoms with van der Waals surface area (Å²) in [6.07, 6.45) is 0. The zero-order chi connectivity index (χ0) is 12.0. The average molecular weight is 242 g/mol. The van der Waals surface area contributed by atoms with E-state index in [1.807, 2.05) is 6.92 Å². The summed E-state index contributed by atoms with van der Waals surface area (Å²) >= 11 is 5.95. The third-order valence-electron chi connectivity index (χ3n) is 2.57. The molecular formula is C13H20ClNO. The fourth-order valence-corrected chi connectivity index (χ4v) is 1.87. The third-order valence-corrected chi connectivity index (χ3v) is 2.85. The van der Waals surface area contributed by atoms with Gasteiger partial charge in [-0.1, -0.05) is 17.7 Å². The van der Waals surface area contributed by atoms with Crippen molar-refractivity contribution in [2.45, 2.75) is 19.7 Å². The minimum absolute atomic E-state index is 0.552. The minimum atomic E-state index is 0.552. The summed E-state index contributed by atoms with van der Waals surface area (Å²) < 4.78 is 5.35. The van der Waals surface area contributed by atoms with Gasteiger partial charge >= 0.3 is 0 Å². The highest BCUT2D eigenvalue weighted by Gasteiger charge is 2.06. The van der Waals surface area contributed by atoms with Crippen LogP contribution in [-0.4, -0.2) is 26.8 Å². The van der Waals surface area contributed by atoms with Crippen LogP contribution in [0.4, 0.5) is 5.69 Å². The quantitative estimate of drug-likeness (QED) is 0.560. The summed E-state index contributed by atoms with van der Waals surface area (Å²) in [5.41, 5.74) is 3.62. The Kier molecular flexibility index (Phi) is 5.64. The molecule has 90 valence electrons. The number of ether oxygens (including phenoxy) is 1. The van der Waals surface area contributed by atoms with Gasteiger partial charge in [-0.15, -0.1) is 11.6 Å². The highest BCUT2D eigenvalue weighted by Crippen LogP contribution is 2.22. The molecule has 16 heavy (non-hydrogen) atoms. The maximum atomic E-state index is 5.95. The summed E-state index contributed by atoms with van der Waals surface area (Å²) in [6, 6.07) is 6.38. The molecule has 0 heterocycles. The van der Waals surface area contributed by atoms with Gasteiger partial charge in [0.2, 0.25) is 0 Å². The first kappa shape index (κ1) is 13.3. The van der Waals surface area contributed by atoms with Crippen molar-refractivity contribution in [3.8, 4) is 0 Å². The summed E-state index contributed by atoms with van der Waals surface area (Å²) in [5.74, 6) is 0.552. The van der Waals surface area contributed by atoms with Crippen LogP contribution in [0.2, 0.25) is 0 Å². The molecule has 0 N–H and O–H groups in total. The van der Waals surface area contributed by atoms with Gasteiger partial charge in [-0.2, -0.15) is 0 Å². The maximum absolute atomic E-state index is 5.95. The first-order valence-electron chi connectivity index (χ1n) is 5.63. The van der Waals surface area contributed by atoms with Crippen molar-refractivity contribution >= 4 is 17.3 Å². The number of alkyl halides is 1. The van der Waals surface area contributed by atoms with E-state index in [4.69, 9.17) is 16.3 Å². The first-order valence-corrected chi connectivity index (χ1v) is 6.16. The Bertz CT molecular complexity index is 328. The number of hydrogen-bond acceptors (Lipinski definition) is 2. The van der Waals surface area contributed by atoms with Crippen molar-refractivity contribution < 1.29 is 4.74 Å². The Morgan fingerprint density at radius 2 is 2.12 bits per heavy atom. The van der Waals surface area contributed by atoms with E-state index in [0.717, 1.165) is 19.8 Å². The summed E-state index contributed by atoms with van der Waals surface area (Å²) in [6.45, 7) is 6.50. The number of aryl methyl sites for hydroxylation is 1. The van der Waals surface area contributed by atoms with Crippen LogP contribution in [0.3, 0.4) is 0 Å². The lowest BCUT2D eigenvalue weighted by Gasteiger charge is -2.22. The van der Waals surface area contributed by atoms with Crippen molar-refractivity contribution in [2.24, 2.45) is 0 Å². The van der Waals surface area contributed by atoms with Crippen molar-refractivity contribution in [3.05, 3.63) is 29.3 Å². The molecule has 0 bridgehead atoms. The molecule has 0 radical (unpaired) electrons. The lowest BCUT2D eigenvalue weighted by atomic mass is 10.1. The van der Waals surface area contributed by atoms with E-state index in [9.17, 15) is 0 Å². The topological polar surface area (TPSA) is 12.5 Å². The molecule has 0 fully saturated rings. The maximum Gasteiger partial charge on any atom is 0.0641 e. The molecule has 0 aromatic heterocycles. The second kappa shape index (κ2) is 6.77. The van der Waals surface area contributed by atoms with E-state index >= 15 is 0 Å². The van der Waals surface area contributed by atoms with Crippen LogP contribution in [-0.2, 0) is 10.6 Å². The molecular weight excluding hydrogens is 222 g/mol. The second-order valence-corrected chi connectivity index (χ2v) is 4.15. The molecule has 1 aromatic carbocycles. The van der Waals surface area contributed by atoms with Crippen molar-refractivity contribution in [2.75, 3.05) is 31.7 Å². The molecule has 0 saturated heterocycles. The van der Waals surface area contributed by atoms with Gasteiger partial charge in [0.15, 0.2) is 0 Å². The van der Waals surface area contributed by atoms with Crippen molar-refractivity contribution in [1.29, 1.82) is 0 Å². The van der Waals surface area contributed by atoms with Crippen LogP contribution in [0.25, 0.3) is 0 Å². The normalized spacial score (nSPS) is 10.5. The number of anilines is 1. The zero-order valence-corrected chi connectivity index (χ0v) is 11.0. The van der Waals surface area contributed by atoms with Gasteiger partial charge in [0.05, 0.1) is 6.61 Å². The summed E-state index contributed by atoms with van der Waals surface area (Å²) in [5, 5.41) is 0. The predicted molar refractivity (Wildman–Crippen MR) is 70.5 cm³/mol. The largest absolute Gasteiger partial charge is 0.380 e. The van der Waals surface area contributed by atoms with Gasteiger partial charge in [0, 0.05) is 31.8 Å². The lowest BCUT2D eigenvalue weighted by Crippen LogP contribution is -2.23. The Labute approximate surface area is 103 Å². The van der Waals surface area contributed by atoms with Gasteiger partial charge in [-0.05, 0) is 25.5 Å². The number of halogens is 1. The Hall–Kier alpha value is -0.730. The standard InChI is InChI=1S/C13H20ClNO/c1-4-16-8-7-15(3)13-6-5-11(2)9-12(13)10-14/h5-6,9H,4,7-8,10H2,1-3H3. The molecule has 0 saturated carbocycles. The van der Waals surface area contributed by atoms with Crippen molar-refractivity contribution in [1.82, 2.24) is 0 Å². The zero-order valence-electron chi connectivity index (χ0n) is 10.3. The van der Waals surface area contributed by atoms with Gasteiger partial charge < -0.3 is 9.64 Å².